The van der Waals surface area contributed by atoms with E-state index in [2.05, 4.69) is 10.3 Å². The van der Waals surface area contributed by atoms with Crippen molar-refractivity contribution in [3.63, 3.8) is 0 Å². The monoisotopic (exact) mass is 347 g/mol. The Morgan fingerprint density at radius 3 is 2.54 bits per heavy atom. The van der Waals surface area contributed by atoms with E-state index in [-0.39, 0.29) is 17.7 Å². The van der Waals surface area contributed by atoms with Gasteiger partial charge in [-0.2, -0.15) is 0 Å². The molecule has 1 atom stereocenters. The normalized spacial score (nSPS) is 11.5. The number of nitrogens with zero attached hydrogens (tertiary/aromatic N) is 1. The minimum atomic E-state index is -1.19. The average molecular weight is 348 g/mol. The lowest BCUT2D eigenvalue weighted by molar-refractivity contribution is -0.118. The molecule has 8 heteroatoms. The van der Waals surface area contributed by atoms with Crippen molar-refractivity contribution in [2.45, 2.75) is 12.5 Å². The molecule has 0 radical (unpaired) electrons. The lowest BCUT2D eigenvalue weighted by atomic mass is 10.0. The number of primary amides is 1. The highest BCUT2D eigenvalue weighted by Gasteiger charge is 2.19. The second-order valence-corrected chi connectivity index (χ2v) is 5.43. The summed E-state index contributed by atoms with van der Waals surface area (Å²) in [5.74, 6) is -2.28. The van der Waals surface area contributed by atoms with Crippen molar-refractivity contribution in [2.24, 2.45) is 5.73 Å². The zero-order chi connectivity index (χ0) is 17.7. The van der Waals surface area contributed by atoms with Crippen molar-refractivity contribution < 1.29 is 19.5 Å². The summed E-state index contributed by atoms with van der Waals surface area (Å²) < 4.78 is 0. The Hall–Kier alpha value is -2.93. The second kappa shape index (κ2) is 7.56. The van der Waals surface area contributed by atoms with Crippen LogP contribution in [-0.4, -0.2) is 27.9 Å². The van der Waals surface area contributed by atoms with E-state index in [4.69, 9.17) is 22.4 Å². The van der Waals surface area contributed by atoms with Crippen LogP contribution in [0.25, 0.3) is 0 Å². The number of carbonyl (C=O) groups excluding carboxylic acids is 2. The van der Waals surface area contributed by atoms with Gasteiger partial charge in [0.25, 0.3) is 5.91 Å². The van der Waals surface area contributed by atoms with Crippen LogP contribution in [0.15, 0.2) is 42.6 Å². The number of carboxylic acid groups (broad SMARTS) is 1. The topological polar surface area (TPSA) is 122 Å². The van der Waals surface area contributed by atoms with E-state index in [0.29, 0.717) is 10.6 Å². The molecule has 0 unspecified atom stereocenters. The summed E-state index contributed by atoms with van der Waals surface area (Å²) in [6.07, 6.45) is 1.05. The van der Waals surface area contributed by atoms with Crippen LogP contribution in [0.2, 0.25) is 5.02 Å². The summed E-state index contributed by atoms with van der Waals surface area (Å²) >= 11 is 5.93. The number of hydrogen-bond donors (Lipinski definition) is 3. The maximum absolute atomic E-state index is 12.3. The third-order valence-electron chi connectivity index (χ3n) is 3.21. The molecule has 0 spiro atoms. The van der Waals surface area contributed by atoms with Crippen LogP contribution in [-0.2, 0) is 4.79 Å². The molecule has 1 aromatic heterocycles. The van der Waals surface area contributed by atoms with Crippen LogP contribution >= 0.6 is 11.6 Å². The van der Waals surface area contributed by atoms with Gasteiger partial charge in [0.2, 0.25) is 5.91 Å². The number of nitrogens with one attached hydrogen (secondary N) is 1. The number of aromatic nitrogens is 1. The molecule has 0 saturated carbocycles. The molecule has 0 aliphatic heterocycles. The smallest absolute Gasteiger partial charge is 0.354 e. The summed E-state index contributed by atoms with van der Waals surface area (Å²) in [7, 11) is 0. The zero-order valence-electron chi connectivity index (χ0n) is 12.4. The molecular weight excluding hydrogens is 334 g/mol. The van der Waals surface area contributed by atoms with Gasteiger partial charge in [-0.3, -0.25) is 9.59 Å². The number of amides is 2. The Kier molecular flexibility index (Phi) is 5.49. The van der Waals surface area contributed by atoms with E-state index in [9.17, 15) is 14.4 Å². The van der Waals surface area contributed by atoms with Gasteiger partial charge >= 0.3 is 5.97 Å². The Bertz CT molecular complexity index is 777. The molecule has 2 aromatic rings. The molecule has 0 bridgehead atoms. The number of benzene rings is 1. The van der Waals surface area contributed by atoms with Gasteiger partial charge in [0.15, 0.2) is 0 Å². The molecule has 2 rings (SSSR count). The van der Waals surface area contributed by atoms with Crippen LogP contribution in [0.1, 0.15) is 38.9 Å². The average Bonchev–Trinajstić information content (AvgIpc) is 2.53. The highest BCUT2D eigenvalue weighted by molar-refractivity contribution is 6.30. The van der Waals surface area contributed by atoms with Crippen molar-refractivity contribution >= 4 is 29.4 Å². The number of hydrogen-bond acceptors (Lipinski definition) is 4. The summed E-state index contributed by atoms with van der Waals surface area (Å²) in [4.78, 5) is 38.0. The number of pyridine rings is 1. The van der Waals surface area contributed by atoms with E-state index in [1.54, 1.807) is 24.3 Å². The summed E-state index contributed by atoms with van der Waals surface area (Å²) in [6.45, 7) is 0. The SMILES string of the molecule is NC(=O)C[C@@H](NC(=O)c1ccc(C(=O)O)nc1)c1cccc(Cl)c1. The Morgan fingerprint density at radius 1 is 1.25 bits per heavy atom. The van der Waals surface area contributed by atoms with Crippen molar-refractivity contribution in [1.82, 2.24) is 10.3 Å². The van der Waals surface area contributed by atoms with Crippen LogP contribution in [0.5, 0.6) is 0 Å². The molecule has 0 aliphatic rings. The quantitative estimate of drug-likeness (QED) is 0.735. The van der Waals surface area contributed by atoms with Gasteiger partial charge in [-0.15, -0.1) is 0 Å². The Labute approximate surface area is 142 Å². The molecule has 4 N–H and O–H groups in total. The molecule has 124 valence electrons. The van der Waals surface area contributed by atoms with Crippen molar-refractivity contribution in [3.05, 3.63) is 64.4 Å². The first-order chi connectivity index (χ1) is 11.4. The molecule has 0 fully saturated rings. The predicted molar refractivity (Wildman–Crippen MR) is 86.7 cm³/mol. The van der Waals surface area contributed by atoms with Crippen LogP contribution < -0.4 is 11.1 Å². The predicted octanol–water partition coefficient (Wildman–Crippen LogP) is 1.78. The molecule has 2 amide bonds. The number of halogens is 1. The molecule has 0 aliphatic carbocycles. The maximum atomic E-state index is 12.3. The molecule has 0 saturated heterocycles. The van der Waals surface area contributed by atoms with Gasteiger partial charge in [0, 0.05) is 11.2 Å². The lowest BCUT2D eigenvalue weighted by Gasteiger charge is -2.18. The number of aromatic carboxylic acids is 1. The minimum Gasteiger partial charge on any atom is -0.477 e. The standard InChI is InChI=1S/C16H14ClN3O4/c17-11-3-1-2-9(6-11)13(7-14(18)21)20-15(22)10-4-5-12(16(23)24)19-8-10/h1-6,8,13H,7H2,(H2,18,21)(H,20,22)(H,23,24)/t13-/m1/s1. The Balaban J connectivity index is 2.20. The number of carboxylic acids is 1. The van der Waals surface area contributed by atoms with Crippen molar-refractivity contribution in [1.29, 1.82) is 0 Å². The van der Waals surface area contributed by atoms with E-state index < -0.39 is 23.8 Å². The highest BCUT2D eigenvalue weighted by Crippen LogP contribution is 2.21. The molecule has 1 heterocycles. The molecule has 24 heavy (non-hydrogen) atoms. The van der Waals surface area contributed by atoms with E-state index in [1.807, 2.05) is 0 Å². The van der Waals surface area contributed by atoms with Crippen molar-refractivity contribution in [3.8, 4) is 0 Å². The fourth-order valence-corrected chi connectivity index (χ4v) is 2.27. The zero-order valence-corrected chi connectivity index (χ0v) is 13.2. The molecular formula is C16H14ClN3O4. The molecule has 7 nitrogen and oxygen atoms in total. The maximum Gasteiger partial charge on any atom is 0.354 e. The van der Waals surface area contributed by atoms with E-state index >= 15 is 0 Å². The number of rotatable bonds is 6. The fourth-order valence-electron chi connectivity index (χ4n) is 2.07. The summed E-state index contributed by atoms with van der Waals surface area (Å²) in [6, 6.07) is 8.61. The third-order valence-corrected chi connectivity index (χ3v) is 3.44. The van der Waals surface area contributed by atoms with Gasteiger partial charge in [-0.1, -0.05) is 23.7 Å². The Morgan fingerprint density at radius 2 is 2.00 bits per heavy atom. The van der Waals surface area contributed by atoms with Crippen molar-refractivity contribution in [2.75, 3.05) is 0 Å². The van der Waals surface area contributed by atoms with Crippen LogP contribution in [0.4, 0.5) is 0 Å². The van der Waals surface area contributed by atoms with Gasteiger partial charge in [0.1, 0.15) is 5.69 Å². The van der Waals surface area contributed by atoms with Gasteiger partial charge in [-0.25, -0.2) is 9.78 Å². The largest absolute Gasteiger partial charge is 0.477 e. The summed E-state index contributed by atoms with van der Waals surface area (Å²) in [5.41, 5.74) is 5.86. The number of carbonyl (C=O) groups is 3. The third kappa shape index (κ3) is 4.53. The van der Waals surface area contributed by atoms with E-state index in [1.165, 1.54) is 12.1 Å². The molecule has 1 aromatic carbocycles. The minimum absolute atomic E-state index is 0.104. The first-order valence-corrected chi connectivity index (χ1v) is 7.28. The van der Waals surface area contributed by atoms with E-state index in [0.717, 1.165) is 6.20 Å². The van der Waals surface area contributed by atoms with Crippen LogP contribution in [0.3, 0.4) is 0 Å². The first kappa shape index (κ1) is 17.4. The fraction of sp³-hybridized carbons (Fsp3) is 0.125. The first-order valence-electron chi connectivity index (χ1n) is 6.91. The summed E-state index contributed by atoms with van der Waals surface area (Å²) in [5, 5.41) is 11.9. The van der Waals surface area contributed by atoms with Gasteiger partial charge < -0.3 is 16.2 Å². The van der Waals surface area contributed by atoms with Gasteiger partial charge in [0.05, 0.1) is 18.0 Å². The van der Waals surface area contributed by atoms with Gasteiger partial charge in [-0.05, 0) is 29.8 Å². The van der Waals surface area contributed by atoms with Crippen LogP contribution in [0, 0.1) is 0 Å². The second-order valence-electron chi connectivity index (χ2n) is 4.99. The highest BCUT2D eigenvalue weighted by atomic mass is 35.5. The number of nitrogens with two attached hydrogens (primary N) is 1. The lowest BCUT2D eigenvalue weighted by Crippen LogP contribution is -2.32.